The van der Waals surface area contributed by atoms with Gasteiger partial charge in [-0.2, -0.15) is 0 Å². The van der Waals surface area contributed by atoms with Gasteiger partial charge in [-0.1, -0.05) is 36.4 Å². The molecule has 0 radical (unpaired) electrons. The molecule has 108 valence electrons. The molecule has 20 heavy (non-hydrogen) atoms. The highest BCUT2D eigenvalue weighted by Gasteiger charge is 2.04. The molecule has 0 aliphatic heterocycles. The first-order valence-electron chi connectivity index (χ1n) is 6.29. The third-order valence-corrected chi connectivity index (χ3v) is 2.95. The number of rotatable bonds is 6. The molecular formula is C16H20BrNO2. The van der Waals surface area contributed by atoms with Crippen molar-refractivity contribution in [3.8, 4) is 11.5 Å². The number of hydrogen-bond acceptors (Lipinski definition) is 3. The van der Waals surface area contributed by atoms with Crippen LogP contribution in [0.3, 0.4) is 0 Å². The summed E-state index contributed by atoms with van der Waals surface area (Å²) in [7, 11) is 3.30. The van der Waals surface area contributed by atoms with Gasteiger partial charge in [-0.25, -0.2) is 0 Å². The normalized spacial score (nSPS) is 9.70. The molecule has 0 aliphatic rings. The standard InChI is InChI=1S/C16H19NO2.BrH/c1-18-15-9-8-14(10-16(15)19-2)12-17-11-13-6-4-3-5-7-13;/h3-10,17H,11-12H2,1-2H3;1H. The molecule has 2 aromatic carbocycles. The van der Waals surface area contributed by atoms with Crippen molar-refractivity contribution in [3.05, 3.63) is 59.7 Å². The van der Waals surface area contributed by atoms with Crippen LogP contribution < -0.4 is 14.8 Å². The molecule has 0 heterocycles. The molecule has 0 aliphatic carbocycles. The Balaban J connectivity index is 0.00000200. The molecule has 4 heteroatoms. The molecule has 1 N–H and O–H groups in total. The van der Waals surface area contributed by atoms with Crippen LogP contribution in [0.4, 0.5) is 0 Å². The summed E-state index contributed by atoms with van der Waals surface area (Å²) in [4.78, 5) is 0. The highest BCUT2D eigenvalue weighted by Crippen LogP contribution is 2.27. The van der Waals surface area contributed by atoms with Gasteiger partial charge in [0.05, 0.1) is 14.2 Å². The summed E-state index contributed by atoms with van der Waals surface area (Å²) in [6, 6.07) is 16.3. The summed E-state index contributed by atoms with van der Waals surface area (Å²) < 4.78 is 10.5. The number of ether oxygens (including phenoxy) is 2. The SMILES string of the molecule is Br.COc1ccc(CNCc2ccccc2)cc1OC. The van der Waals surface area contributed by atoms with E-state index in [-0.39, 0.29) is 17.0 Å². The molecule has 0 unspecified atom stereocenters. The molecule has 0 saturated heterocycles. The predicted octanol–water partition coefficient (Wildman–Crippen LogP) is 3.57. The molecule has 3 nitrogen and oxygen atoms in total. The van der Waals surface area contributed by atoms with Crippen LogP contribution in [0.25, 0.3) is 0 Å². The monoisotopic (exact) mass is 337 g/mol. The number of benzene rings is 2. The van der Waals surface area contributed by atoms with Gasteiger partial charge < -0.3 is 14.8 Å². The van der Waals surface area contributed by atoms with Crippen LogP contribution in [-0.2, 0) is 13.1 Å². The lowest BCUT2D eigenvalue weighted by atomic mass is 10.2. The van der Waals surface area contributed by atoms with Crippen molar-refractivity contribution in [2.75, 3.05) is 14.2 Å². The Hall–Kier alpha value is -1.52. The average Bonchev–Trinajstić information content (AvgIpc) is 2.48. The van der Waals surface area contributed by atoms with Crippen LogP contribution in [0, 0.1) is 0 Å². The highest BCUT2D eigenvalue weighted by atomic mass is 79.9. The van der Waals surface area contributed by atoms with Gasteiger partial charge in [-0.05, 0) is 23.3 Å². The maximum atomic E-state index is 5.29. The minimum absolute atomic E-state index is 0. The first kappa shape index (κ1) is 16.5. The maximum Gasteiger partial charge on any atom is 0.161 e. The summed E-state index contributed by atoms with van der Waals surface area (Å²) in [6.45, 7) is 1.66. The van der Waals surface area contributed by atoms with Gasteiger partial charge in [0.2, 0.25) is 0 Å². The Kier molecular flexibility index (Phi) is 7.12. The van der Waals surface area contributed by atoms with Gasteiger partial charge >= 0.3 is 0 Å². The van der Waals surface area contributed by atoms with Gasteiger partial charge in [0.1, 0.15) is 0 Å². The molecule has 0 bridgehead atoms. The van der Waals surface area contributed by atoms with E-state index >= 15 is 0 Å². The van der Waals surface area contributed by atoms with E-state index in [1.807, 2.05) is 36.4 Å². The van der Waals surface area contributed by atoms with Gasteiger partial charge in [0.15, 0.2) is 11.5 Å². The molecule has 2 rings (SSSR count). The Bertz CT molecular complexity index is 517. The van der Waals surface area contributed by atoms with Crippen LogP contribution in [0.5, 0.6) is 11.5 Å². The zero-order valence-corrected chi connectivity index (χ0v) is 13.5. The maximum absolute atomic E-state index is 5.29. The van der Waals surface area contributed by atoms with Gasteiger partial charge in [0.25, 0.3) is 0 Å². The zero-order chi connectivity index (χ0) is 13.5. The Morgan fingerprint density at radius 2 is 1.45 bits per heavy atom. The molecule has 0 amide bonds. The van der Waals surface area contributed by atoms with Crippen molar-refractivity contribution in [2.45, 2.75) is 13.1 Å². The average molecular weight is 338 g/mol. The fourth-order valence-corrected chi connectivity index (χ4v) is 1.94. The Morgan fingerprint density at radius 1 is 0.800 bits per heavy atom. The second-order valence-corrected chi connectivity index (χ2v) is 4.28. The smallest absolute Gasteiger partial charge is 0.161 e. The fourth-order valence-electron chi connectivity index (χ4n) is 1.94. The van der Waals surface area contributed by atoms with Crippen molar-refractivity contribution in [2.24, 2.45) is 0 Å². The van der Waals surface area contributed by atoms with Crippen LogP contribution >= 0.6 is 17.0 Å². The summed E-state index contributed by atoms with van der Waals surface area (Å²) in [5.41, 5.74) is 2.46. The lowest BCUT2D eigenvalue weighted by Gasteiger charge is -2.10. The highest BCUT2D eigenvalue weighted by molar-refractivity contribution is 8.93. The van der Waals surface area contributed by atoms with E-state index in [1.54, 1.807) is 14.2 Å². The van der Waals surface area contributed by atoms with E-state index in [0.717, 1.165) is 24.6 Å². The fraction of sp³-hybridized carbons (Fsp3) is 0.250. The van der Waals surface area contributed by atoms with Gasteiger partial charge in [-0.15, -0.1) is 17.0 Å². The minimum Gasteiger partial charge on any atom is -0.493 e. The van der Waals surface area contributed by atoms with Crippen LogP contribution in [0.1, 0.15) is 11.1 Å². The third kappa shape index (κ3) is 4.54. The lowest BCUT2D eigenvalue weighted by Crippen LogP contribution is -2.12. The second kappa shape index (κ2) is 8.61. The van der Waals surface area contributed by atoms with Crippen molar-refractivity contribution in [3.63, 3.8) is 0 Å². The van der Waals surface area contributed by atoms with E-state index in [1.165, 1.54) is 11.1 Å². The van der Waals surface area contributed by atoms with Crippen LogP contribution in [0.2, 0.25) is 0 Å². The largest absolute Gasteiger partial charge is 0.493 e. The van der Waals surface area contributed by atoms with Crippen molar-refractivity contribution in [1.82, 2.24) is 5.32 Å². The minimum atomic E-state index is 0. The van der Waals surface area contributed by atoms with Crippen LogP contribution in [0.15, 0.2) is 48.5 Å². The zero-order valence-electron chi connectivity index (χ0n) is 11.8. The lowest BCUT2D eigenvalue weighted by molar-refractivity contribution is 0.354. The molecule has 0 spiro atoms. The molecule has 2 aromatic rings. The number of hydrogen-bond donors (Lipinski definition) is 1. The van der Waals surface area contributed by atoms with Crippen LogP contribution in [-0.4, -0.2) is 14.2 Å². The van der Waals surface area contributed by atoms with E-state index in [4.69, 9.17) is 9.47 Å². The first-order chi connectivity index (χ1) is 9.33. The molecule has 0 saturated carbocycles. The van der Waals surface area contributed by atoms with E-state index in [2.05, 4.69) is 17.4 Å². The summed E-state index contributed by atoms with van der Waals surface area (Å²) >= 11 is 0. The topological polar surface area (TPSA) is 30.5 Å². The van der Waals surface area contributed by atoms with E-state index < -0.39 is 0 Å². The second-order valence-electron chi connectivity index (χ2n) is 4.28. The quantitative estimate of drug-likeness (QED) is 0.873. The number of halogens is 1. The number of methoxy groups -OCH3 is 2. The van der Waals surface area contributed by atoms with E-state index in [0.29, 0.717) is 0 Å². The Morgan fingerprint density at radius 3 is 2.10 bits per heavy atom. The molecule has 0 aromatic heterocycles. The molecule has 0 atom stereocenters. The van der Waals surface area contributed by atoms with Crippen molar-refractivity contribution >= 4 is 17.0 Å². The number of nitrogens with one attached hydrogen (secondary N) is 1. The summed E-state index contributed by atoms with van der Waals surface area (Å²) in [6.07, 6.45) is 0. The van der Waals surface area contributed by atoms with E-state index in [9.17, 15) is 0 Å². The summed E-state index contributed by atoms with van der Waals surface area (Å²) in [5, 5.41) is 3.41. The first-order valence-corrected chi connectivity index (χ1v) is 6.29. The molecular weight excluding hydrogens is 318 g/mol. The molecule has 0 fully saturated rings. The third-order valence-electron chi connectivity index (χ3n) is 2.95. The Labute approximate surface area is 130 Å². The van der Waals surface area contributed by atoms with Crippen molar-refractivity contribution < 1.29 is 9.47 Å². The van der Waals surface area contributed by atoms with Crippen molar-refractivity contribution in [1.29, 1.82) is 0 Å². The predicted molar refractivity (Wildman–Crippen MR) is 86.9 cm³/mol. The van der Waals surface area contributed by atoms with Gasteiger partial charge in [-0.3, -0.25) is 0 Å². The van der Waals surface area contributed by atoms with Gasteiger partial charge in [0, 0.05) is 13.1 Å². The summed E-state index contributed by atoms with van der Waals surface area (Å²) in [5.74, 6) is 1.52.